The molecule has 5 rings (SSSR count). The van der Waals surface area contributed by atoms with Gasteiger partial charge in [0.2, 0.25) is 0 Å². The maximum absolute atomic E-state index is 3.97. The second kappa shape index (κ2) is 15.4. The molecule has 4 unspecified atom stereocenters. The molecule has 2 heterocycles. The predicted octanol–water partition coefficient (Wildman–Crippen LogP) is 7.38. The van der Waals surface area contributed by atoms with Crippen LogP contribution in [0.5, 0.6) is 0 Å². The van der Waals surface area contributed by atoms with E-state index >= 15 is 0 Å². The van der Waals surface area contributed by atoms with Gasteiger partial charge in [-0.25, -0.2) is 0 Å². The van der Waals surface area contributed by atoms with E-state index in [-0.39, 0.29) is 42.0 Å². The van der Waals surface area contributed by atoms with Crippen molar-refractivity contribution in [3.8, 4) is 23.7 Å². The van der Waals surface area contributed by atoms with Crippen molar-refractivity contribution in [3.63, 3.8) is 0 Å². The average Bonchev–Trinajstić information content (AvgIpc) is 3.03. The molecule has 2 aromatic rings. The molecule has 0 amide bonds. The van der Waals surface area contributed by atoms with Crippen molar-refractivity contribution in [1.29, 1.82) is 0 Å². The van der Waals surface area contributed by atoms with Crippen LogP contribution in [-0.2, 0) is 0 Å². The Labute approximate surface area is 267 Å². The van der Waals surface area contributed by atoms with E-state index in [9.17, 15) is 0 Å². The number of nitrogens with one attached hydrogen (secondary N) is 2. The summed E-state index contributed by atoms with van der Waals surface area (Å²) in [5, 5.41) is 7.95. The first-order valence-electron chi connectivity index (χ1n) is 16.2. The molecule has 0 radical (unpaired) electrons. The number of hydrogen-bond acceptors (Lipinski definition) is 2. The summed E-state index contributed by atoms with van der Waals surface area (Å²) in [4.78, 5) is 0. The molecular weight excluding hydrogens is 642 g/mol. The summed E-state index contributed by atoms with van der Waals surface area (Å²) in [6.45, 7) is 9.23. The van der Waals surface area contributed by atoms with Gasteiger partial charge < -0.3 is 0 Å². The van der Waals surface area contributed by atoms with Gasteiger partial charge in [0.25, 0.3) is 0 Å². The molecule has 3 aliphatic rings. The Bertz CT molecular complexity index is 1320. The van der Waals surface area contributed by atoms with Gasteiger partial charge in [0.15, 0.2) is 0 Å². The molecule has 2 aromatic carbocycles. The van der Waals surface area contributed by atoms with Crippen LogP contribution in [-0.4, -0.2) is 42.0 Å². The average molecular weight is 689 g/mol. The Hall–Kier alpha value is -2.32. The van der Waals surface area contributed by atoms with Crippen molar-refractivity contribution in [2.24, 2.45) is 11.8 Å². The summed E-state index contributed by atoms with van der Waals surface area (Å²) in [6.07, 6.45) is 12.1. The normalized spacial score (nSPS) is 19.8. The summed E-state index contributed by atoms with van der Waals surface area (Å²) in [6, 6.07) is 18.0. The molecule has 0 spiro atoms. The standard InChI is InChI=1S/C38H46N2Se2/c1-5-9-17-27(7-3)19-15-21-29-35-38(42-34-26-14-11-23-31(34)39-35)30(22-16-20-28(8-4)18-10-6-2)36-37(29)41-33-25-13-12-24-32(33)40-36/h11-14,23-28,35-36,39-40H,5-10,17-20H2,1-4H3. The monoisotopic (exact) mass is 690 g/mol. The van der Waals surface area contributed by atoms with Crippen LogP contribution in [0.15, 0.2) is 68.6 Å². The van der Waals surface area contributed by atoms with Crippen LogP contribution < -0.4 is 19.6 Å². The van der Waals surface area contributed by atoms with E-state index in [1.165, 1.54) is 91.8 Å². The molecule has 4 heteroatoms. The van der Waals surface area contributed by atoms with Gasteiger partial charge in [-0.1, -0.05) is 0 Å². The SMILES string of the molecule is CCCCC(CC)CC#CC1=C2[Se]c3ccccc3NC2C(C#CCC(CC)CCCC)=C2[Se]c3ccccc3NC12. The van der Waals surface area contributed by atoms with Crippen molar-refractivity contribution in [2.75, 3.05) is 10.6 Å². The maximum atomic E-state index is 3.97. The topological polar surface area (TPSA) is 24.1 Å². The zero-order valence-electron chi connectivity index (χ0n) is 25.8. The third-order valence-electron chi connectivity index (χ3n) is 8.76. The first kappa shape index (κ1) is 31.1. The molecule has 220 valence electrons. The molecule has 0 saturated carbocycles. The minimum absolute atomic E-state index is 0.134. The van der Waals surface area contributed by atoms with E-state index in [2.05, 4.69) is 111 Å². The van der Waals surface area contributed by atoms with E-state index in [4.69, 9.17) is 0 Å². The molecule has 4 atom stereocenters. The third kappa shape index (κ3) is 7.24. The van der Waals surface area contributed by atoms with Gasteiger partial charge >= 0.3 is 269 Å². The van der Waals surface area contributed by atoms with Crippen molar-refractivity contribution in [2.45, 2.75) is 104 Å². The minimum atomic E-state index is 0.134. The number of hydrogen-bond donors (Lipinski definition) is 2. The number of rotatable bonds is 10. The fraction of sp³-hybridized carbons (Fsp3) is 0.474. The molecule has 2 aliphatic heterocycles. The van der Waals surface area contributed by atoms with Crippen molar-refractivity contribution >= 4 is 50.2 Å². The number of unbranched alkanes of at least 4 members (excludes halogenated alkanes) is 2. The fourth-order valence-electron chi connectivity index (χ4n) is 5.99. The summed E-state index contributed by atoms with van der Waals surface area (Å²) in [5.41, 5.74) is 5.18. The first-order valence-corrected chi connectivity index (χ1v) is 19.6. The van der Waals surface area contributed by atoms with E-state index in [1.807, 2.05) is 0 Å². The molecule has 42 heavy (non-hydrogen) atoms. The van der Waals surface area contributed by atoms with Crippen LogP contribution in [0, 0.1) is 35.5 Å². The van der Waals surface area contributed by atoms with Crippen LogP contribution >= 0.6 is 0 Å². The fourth-order valence-corrected chi connectivity index (χ4v) is 11.0. The zero-order chi connectivity index (χ0) is 29.3. The molecule has 0 fully saturated rings. The molecular formula is C38H46N2Se2. The predicted molar refractivity (Wildman–Crippen MR) is 184 cm³/mol. The number of fused-ring (bicyclic) bond motifs is 4. The molecule has 0 aromatic heterocycles. The van der Waals surface area contributed by atoms with Gasteiger partial charge in [0.05, 0.1) is 0 Å². The van der Waals surface area contributed by atoms with Crippen LogP contribution in [0.25, 0.3) is 0 Å². The zero-order valence-corrected chi connectivity index (χ0v) is 29.2. The summed E-state index contributed by atoms with van der Waals surface area (Å²) in [7, 11) is 0. The molecule has 0 bridgehead atoms. The number of anilines is 2. The van der Waals surface area contributed by atoms with Crippen LogP contribution in [0.1, 0.15) is 91.9 Å². The first-order chi connectivity index (χ1) is 20.7. The van der Waals surface area contributed by atoms with Gasteiger partial charge in [0.1, 0.15) is 0 Å². The van der Waals surface area contributed by atoms with E-state index < -0.39 is 0 Å². The Morgan fingerprint density at radius 2 is 1.07 bits per heavy atom. The van der Waals surface area contributed by atoms with Gasteiger partial charge in [0, 0.05) is 0 Å². The van der Waals surface area contributed by atoms with Crippen molar-refractivity contribution in [3.05, 3.63) is 68.6 Å². The van der Waals surface area contributed by atoms with Crippen LogP contribution in [0.4, 0.5) is 11.4 Å². The van der Waals surface area contributed by atoms with Crippen LogP contribution in [0.2, 0.25) is 0 Å². The molecule has 1 aliphatic carbocycles. The second-order valence-electron chi connectivity index (χ2n) is 11.8. The number of para-hydroxylation sites is 2. The molecule has 0 saturated heterocycles. The van der Waals surface area contributed by atoms with E-state index in [1.54, 1.807) is 0 Å². The van der Waals surface area contributed by atoms with E-state index in [0.29, 0.717) is 11.8 Å². The summed E-state index contributed by atoms with van der Waals surface area (Å²) < 4.78 is 5.81. The molecule has 2 N–H and O–H groups in total. The van der Waals surface area contributed by atoms with Gasteiger partial charge in [-0.15, -0.1) is 0 Å². The Kier molecular flexibility index (Phi) is 11.4. The molecule has 2 nitrogen and oxygen atoms in total. The van der Waals surface area contributed by atoms with Crippen molar-refractivity contribution < 1.29 is 0 Å². The van der Waals surface area contributed by atoms with Gasteiger partial charge in [-0.2, -0.15) is 0 Å². The number of benzene rings is 2. The second-order valence-corrected chi connectivity index (χ2v) is 16.3. The van der Waals surface area contributed by atoms with E-state index in [0.717, 1.165) is 12.8 Å². The Morgan fingerprint density at radius 3 is 1.48 bits per heavy atom. The quantitative estimate of drug-likeness (QED) is 0.201. The Balaban J connectivity index is 1.57. The summed E-state index contributed by atoms with van der Waals surface area (Å²) >= 11 is 0.417. The van der Waals surface area contributed by atoms with Crippen LogP contribution in [0.3, 0.4) is 0 Å². The summed E-state index contributed by atoms with van der Waals surface area (Å²) in [5.74, 6) is 16.4. The van der Waals surface area contributed by atoms with Gasteiger partial charge in [-0.05, 0) is 0 Å². The third-order valence-corrected chi connectivity index (χ3v) is 14.0. The van der Waals surface area contributed by atoms with Gasteiger partial charge in [-0.3, -0.25) is 0 Å². The Morgan fingerprint density at radius 1 is 0.643 bits per heavy atom. The van der Waals surface area contributed by atoms with Crippen molar-refractivity contribution in [1.82, 2.24) is 0 Å².